The number of rotatable bonds is 7. The first-order chi connectivity index (χ1) is 14.3. The molecule has 1 aromatic carbocycles. The second-order valence-corrected chi connectivity index (χ2v) is 10.4. The summed E-state index contributed by atoms with van der Waals surface area (Å²) in [4.78, 5) is 24.6. The molecule has 2 amide bonds. The summed E-state index contributed by atoms with van der Waals surface area (Å²) in [5.74, 6) is 2.62. The molecule has 30 heavy (non-hydrogen) atoms. The standard InChI is InChI=1S/C23H30BrN3O3/c1-14-3-4-20(19(24)5-14)30-13-22(29)27-26-15(2)6-21(28)25-23-10-16-7-17(11-23)9-18(8-16)12-23/h3-5,16-18H,6-13H2,1-2H3,(H,25,28)(H,27,29). The van der Waals surface area contributed by atoms with E-state index in [0.717, 1.165) is 47.1 Å². The van der Waals surface area contributed by atoms with Gasteiger partial charge < -0.3 is 10.1 Å². The molecule has 2 N–H and O–H groups in total. The largest absolute Gasteiger partial charge is 0.483 e. The Bertz CT molecular complexity index is 832. The number of halogens is 1. The molecule has 1 aromatic rings. The molecule has 0 heterocycles. The molecule has 4 bridgehead atoms. The molecule has 4 fully saturated rings. The molecule has 4 saturated carbocycles. The van der Waals surface area contributed by atoms with Crippen LogP contribution in [0.25, 0.3) is 0 Å². The molecular weight excluding hydrogens is 446 g/mol. The minimum atomic E-state index is -0.358. The predicted molar refractivity (Wildman–Crippen MR) is 119 cm³/mol. The van der Waals surface area contributed by atoms with Crippen molar-refractivity contribution in [2.45, 2.75) is 64.3 Å². The summed E-state index contributed by atoms with van der Waals surface area (Å²) in [5, 5.41) is 7.41. The first kappa shape index (κ1) is 21.3. The molecule has 0 saturated heterocycles. The minimum absolute atomic E-state index is 0.00459. The van der Waals surface area contributed by atoms with Gasteiger partial charge >= 0.3 is 0 Å². The molecule has 0 spiro atoms. The highest BCUT2D eigenvalue weighted by atomic mass is 79.9. The van der Waals surface area contributed by atoms with Crippen LogP contribution in [0.1, 0.15) is 57.4 Å². The third-order valence-corrected chi connectivity index (χ3v) is 7.30. The fourth-order valence-corrected chi connectivity index (χ4v) is 6.54. The average Bonchev–Trinajstić information content (AvgIpc) is 2.64. The number of aryl methyl sites for hydroxylation is 1. The van der Waals surface area contributed by atoms with Crippen molar-refractivity contribution in [3.8, 4) is 5.75 Å². The number of nitrogens with one attached hydrogen (secondary N) is 2. The van der Waals surface area contributed by atoms with Crippen molar-refractivity contribution in [1.82, 2.24) is 10.7 Å². The van der Waals surface area contributed by atoms with E-state index in [1.807, 2.05) is 25.1 Å². The predicted octanol–water partition coefficient (Wildman–Crippen LogP) is 4.10. The van der Waals surface area contributed by atoms with Crippen LogP contribution >= 0.6 is 15.9 Å². The van der Waals surface area contributed by atoms with E-state index in [0.29, 0.717) is 11.5 Å². The smallest absolute Gasteiger partial charge is 0.277 e. The lowest BCUT2D eigenvalue weighted by Crippen LogP contribution is -2.60. The van der Waals surface area contributed by atoms with Gasteiger partial charge in [-0.3, -0.25) is 9.59 Å². The Labute approximate surface area is 186 Å². The van der Waals surface area contributed by atoms with Gasteiger partial charge in [0.05, 0.1) is 10.9 Å². The summed E-state index contributed by atoms with van der Waals surface area (Å²) >= 11 is 3.42. The highest BCUT2D eigenvalue weighted by Crippen LogP contribution is 2.55. The van der Waals surface area contributed by atoms with Crippen LogP contribution in [0.5, 0.6) is 5.75 Å². The number of amides is 2. The molecule has 0 unspecified atom stereocenters. The number of hydrogen-bond donors (Lipinski definition) is 2. The van der Waals surface area contributed by atoms with Crippen LogP contribution in [0.4, 0.5) is 0 Å². The lowest BCUT2D eigenvalue weighted by Gasteiger charge is -2.56. The van der Waals surface area contributed by atoms with Crippen molar-refractivity contribution in [2.75, 3.05) is 6.61 Å². The number of ether oxygens (including phenoxy) is 1. The maximum atomic E-state index is 12.6. The lowest BCUT2D eigenvalue weighted by molar-refractivity contribution is -0.126. The van der Waals surface area contributed by atoms with Crippen molar-refractivity contribution in [2.24, 2.45) is 22.9 Å². The summed E-state index contributed by atoms with van der Waals surface area (Å²) in [7, 11) is 0. The maximum Gasteiger partial charge on any atom is 0.277 e. The summed E-state index contributed by atoms with van der Waals surface area (Å²) < 4.78 is 6.32. The first-order valence-corrected chi connectivity index (χ1v) is 11.6. The lowest BCUT2D eigenvalue weighted by atomic mass is 9.53. The third-order valence-electron chi connectivity index (χ3n) is 6.68. The topological polar surface area (TPSA) is 79.8 Å². The van der Waals surface area contributed by atoms with Crippen molar-refractivity contribution in [1.29, 1.82) is 0 Å². The molecule has 6 nitrogen and oxygen atoms in total. The van der Waals surface area contributed by atoms with Gasteiger partial charge in [-0.05, 0) is 104 Å². The molecule has 0 radical (unpaired) electrons. The number of benzene rings is 1. The van der Waals surface area contributed by atoms with Crippen molar-refractivity contribution < 1.29 is 14.3 Å². The normalized spacial score (nSPS) is 29.6. The van der Waals surface area contributed by atoms with Crippen LogP contribution in [0, 0.1) is 24.7 Å². The van der Waals surface area contributed by atoms with Gasteiger partial charge in [-0.15, -0.1) is 0 Å². The van der Waals surface area contributed by atoms with E-state index < -0.39 is 0 Å². The number of hydrazone groups is 1. The molecule has 5 rings (SSSR count). The van der Waals surface area contributed by atoms with E-state index in [4.69, 9.17) is 4.74 Å². The SMILES string of the molecule is CC(CC(=O)NC12CC3CC(CC(C3)C1)C2)=NNC(=O)COc1ccc(C)cc1Br. The van der Waals surface area contributed by atoms with E-state index in [9.17, 15) is 9.59 Å². The number of carbonyl (C=O) groups excluding carboxylic acids is 2. The highest BCUT2D eigenvalue weighted by Gasteiger charge is 2.51. The van der Waals surface area contributed by atoms with Gasteiger partial charge in [0.2, 0.25) is 5.91 Å². The summed E-state index contributed by atoms with van der Waals surface area (Å²) in [6.45, 7) is 3.60. The summed E-state index contributed by atoms with van der Waals surface area (Å²) in [6, 6.07) is 5.66. The maximum absolute atomic E-state index is 12.6. The van der Waals surface area contributed by atoms with Gasteiger partial charge in [0, 0.05) is 11.3 Å². The third kappa shape index (κ3) is 5.05. The summed E-state index contributed by atoms with van der Waals surface area (Å²) in [5.41, 5.74) is 4.17. The van der Waals surface area contributed by atoms with E-state index in [1.54, 1.807) is 6.92 Å². The van der Waals surface area contributed by atoms with Crippen molar-refractivity contribution in [3.05, 3.63) is 28.2 Å². The van der Waals surface area contributed by atoms with Crippen LogP contribution in [-0.4, -0.2) is 29.7 Å². The molecule has 7 heteroatoms. The zero-order chi connectivity index (χ0) is 21.3. The van der Waals surface area contributed by atoms with E-state index >= 15 is 0 Å². The highest BCUT2D eigenvalue weighted by molar-refractivity contribution is 9.10. The Kier molecular flexibility index (Phi) is 6.19. The fraction of sp³-hybridized carbons (Fsp3) is 0.609. The summed E-state index contributed by atoms with van der Waals surface area (Å²) in [6.07, 6.45) is 7.64. The van der Waals surface area contributed by atoms with Crippen molar-refractivity contribution >= 4 is 33.5 Å². The Hall–Kier alpha value is -1.89. The fourth-order valence-electron chi connectivity index (χ4n) is 5.93. The molecule has 4 aliphatic rings. The zero-order valence-corrected chi connectivity index (χ0v) is 19.3. The molecule has 0 aromatic heterocycles. The molecule has 4 aliphatic carbocycles. The second-order valence-electron chi connectivity index (χ2n) is 9.53. The van der Waals surface area contributed by atoms with E-state index in [2.05, 4.69) is 31.8 Å². The van der Waals surface area contributed by atoms with E-state index in [1.165, 1.54) is 19.3 Å². The quantitative estimate of drug-likeness (QED) is 0.459. The van der Waals surface area contributed by atoms with Crippen LogP contribution in [0.2, 0.25) is 0 Å². The van der Waals surface area contributed by atoms with Crippen molar-refractivity contribution in [3.63, 3.8) is 0 Å². The second kappa shape index (κ2) is 8.69. The van der Waals surface area contributed by atoms with Crippen LogP contribution in [-0.2, 0) is 9.59 Å². The number of hydrogen-bond acceptors (Lipinski definition) is 4. The monoisotopic (exact) mass is 475 g/mol. The molecule has 0 atom stereocenters. The van der Waals surface area contributed by atoms with Crippen LogP contribution in [0.3, 0.4) is 0 Å². The van der Waals surface area contributed by atoms with Crippen LogP contribution in [0.15, 0.2) is 27.8 Å². The Morgan fingerprint density at radius 1 is 1.13 bits per heavy atom. The Morgan fingerprint density at radius 3 is 2.37 bits per heavy atom. The minimum Gasteiger partial charge on any atom is -0.483 e. The Balaban J connectivity index is 1.23. The van der Waals surface area contributed by atoms with E-state index in [-0.39, 0.29) is 30.4 Å². The Morgan fingerprint density at radius 2 is 1.77 bits per heavy atom. The molecule has 162 valence electrons. The van der Waals surface area contributed by atoms with Gasteiger partial charge in [0.1, 0.15) is 5.75 Å². The van der Waals surface area contributed by atoms with Gasteiger partial charge in [-0.25, -0.2) is 5.43 Å². The van der Waals surface area contributed by atoms with Gasteiger partial charge in [0.25, 0.3) is 5.91 Å². The van der Waals surface area contributed by atoms with Gasteiger partial charge in [-0.1, -0.05) is 6.07 Å². The zero-order valence-electron chi connectivity index (χ0n) is 17.7. The molecule has 0 aliphatic heterocycles. The molecular formula is C23H30BrN3O3. The number of nitrogens with zero attached hydrogens (tertiary/aromatic N) is 1. The van der Waals surface area contributed by atoms with Gasteiger partial charge in [-0.2, -0.15) is 5.10 Å². The van der Waals surface area contributed by atoms with Crippen LogP contribution < -0.4 is 15.5 Å². The average molecular weight is 476 g/mol. The van der Waals surface area contributed by atoms with Gasteiger partial charge in [0.15, 0.2) is 6.61 Å². The number of carbonyl (C=O) groups is 2. The first-order valence-electron chi connectivity index (χ1n) is 10.8.